The van der Waals surface area contributed by atoms with Gasteiger partial charge in [-0.1, -0.05) is 13.3 Å². The Labute approximate surface area is 107 Å². The predicted molar refractivity (Wildman–Crippen MR) is 67.9 cm³/mol. The van der Waals surface area contributed by atoms with Gasteiger partial charge in [0.15, 0.2) is 0 Å². The van der Waals surface area contributed by atoms with Crippen molar-refractivity contribution in [1.82, 2.24) is 14.9 Å². The summed E-state index contributed by atoms with van der Waals surface area (Å²) in [7, 11) is 0. The van der Waals surface area contributed by atoms with Crippen molar-refractivity contribution in [3.8, 4) is 0 Å². The molecule has 1 aromatic rings. The summed E-state index contributed by atoms with van der Waals surface area (Å²) in [6.07, 6.45) is 9.36. The number of carbonyl (C=O) groups is 1. The van der Waals surface area contributed by atoms with Crippen molar-refractivity contribution >= 4 is 5.91 Å². The maximum atomic E-state index is 12.3. The molecule has 0 aromatic carbocycles. The average Bonchev–Trinajstić information content (AvgIpc) is 2.72. The number of carbonyl (C=O) groups excluding carboxylic acids is 1. The molecule has 0 radical (unpaired) electrons. The van der Waals surface area contributed by atoms with Crippen LogP contribution >= 0.6 is 0 Å². The zero-order valence-electron chi connectivity index (χ0n) is 10.8. The Kier molecular flexibility index (Phi) is 3.02. The van der Waals surface area contributed by atoms with Crippen LogP contribution in [0.5, 0.6) is 0 Å². The molecule has 3 rings (SSSR count). The van der Waals surface area contributed by atoms with E-state index in [-0.39, 0.29) is 6.04 Å². The van der Waals surface area contributed by atoms with E-state index in [0.717, 1.165) is 37.8 Å². The number of hydrogen-bond donors (Lipinski definition) is 0. The van der Waals surface area contributed by atoms with E-state index < -0.39 is 0 Å². The summed E-state index contributed by atoms with van der Waals surface area (Å²) in [4.78, 5) is 22.9. The molecule has 0 saturated carbocycles. The fourth-order valence-electron chi connectivity index (χ4n) is 3.26. The first-order valence-electron chi connectivity index (χ1n) is 6.91. The molecule has 3 heterocycles. The zero-order chi connectivity index (χ0) is 12.5. The van der Waals surface area contributed by atoms with Crippen molar-refractivity contribution in [3.05, 3.63) is 23.8 Å². The van der Waals surface area contributed by atoms with E-state index in [0.29, 0.717) is 18.4 Å². The number of fused-ring (bicyclic) bond motifs is 4. The lowest BCUT2D eigenvalue weighted by Crippen LogP contribution is -2.42. The van der Waals surface area contributed by atoms with Crippen LogP contribution in [-0.2, 0) is 11.2 Å². The molecular formula is C14H19N3O. The third-order valence-electron chi connectivity index (χ3n) is 4.15. The second kappa shape index (κ2) is 4.67. The maximum absolute atomic E-state index is 12.3. The Balaban J connectivity index is 1.85. The van der Waals surface area contributed by atoms with Gasteiger partial charge in [0.2, 0.25) is 5.91 Å². The van der Waals surface area contributed by atoms with E-state index in [2.05, 4.69) is 21.8 Å². The van der Waals surface area contributed by atoms with Crippen molar-refractivity contribution < 1.29 is 4.79 Å². The van der Waals surface area contributed by atoms with Crippen LogP contribution in [0.4, 0.5) is 0 Å². The average molecular weight is 245 g/mol. The summed E-state index contributed by atoms with van der Waals surface area (Å²) in [6, 6.07) is 0.617. The fourth-order valence-corrected chi connectivity index (χ4v) is 3.26. The highest BCUT2D eigenvalue weighted by Gasteiger charge is 2.42. The largest absolute Gasteiger partial charge is 0.332 e. The van der Waals surface area contributed by atoms with E-state index in [1.807, 2.05) is 6.20 Å². The number of aromatic nitrogens is 2. The van der Waals surface area contributed by atoms with Gasteiger partial charge in [-0.05, 0) is 19.3 Å². The summed E-state index contributed by atoms with van der Waals surface area (Å²) in [5.74, 6) is 0.318. The summed E-state index contributed by atoms with van der Waals surface area (Å²) in [5, 5.41) is 0. The molecule has 0 spiro atoms. The third kappa shape index (κ3) is 1.80. The fraction of sp³-hybridized carbons (Fsp3) is 0.643. The molecule has 2 unspecified atom stereocenters. The van der Waals surface area contributed by atoms with Crippen molar-refractivity contribution in [2.75, 3.05) is 0 Å². The lowest BCUT2D eigenvalue weighted by atomic mass is 9.98. The standard InChI is InChI=1S/C14H19N3O/c1-2-3-4-14(18)17-10-5-6-13(17)11-8-15-9-16-12(11)7-10/h8-10,13H,2-7H2,1H3. The molecule has 2 aliphatic heterocycles. The summed E-state index contributed by atoms with van der Waals surface area (Å²) in [5.41, 5.74) is 2.33. The minimum atomic E-state index is 0.240. The molecule has 4 heteroatoms. The highest BCUT2D eigenvalue weighted by molar-refractivity contribution is 5.78. The molecule has 2 atom stereocenters. The first-order chi connectivity index (χ1) is 8.81. The van der Waals surface area contributed by atoms with E-state index in [1.54, 1.807) is 6.33 Å². The normalized spacial score (nSPS) is 25.1. The highest BCUT2D eigenvalue weighted by Crippen LogP contribution is 2.42. The van der Waals surface area contributed by atoms with Crippen molar-refractivity contribution in [2.24, 2.45) is 0 Å². The summed E-state index contributed by atoms with van der Waals surface area (Å²) >= 11 is 0. The van der Waals surface area contributed by atoms with Crippen LogP contribution in [-0.4, -0.2) is 26.8 Å². The molecule has 1 amide bonds. The number of hydrogen-bond acceptors (Lipinski definition) is 3. The molecule has 96 valence electrons. The number of nitrogens with zero attached hydrogens (tertiary/aromatic N) is 3. The quantitative estimate of drug-likeness (QED) is 0.820. The molecule has 2 bridgehead atoms. The second-order valence-electron chi connectivity index (χ2n) is 5.28. The van der Waals surface area contributed by atoms with Gasteiger partial charge in [0, 0.05) is 30.6 Å². The predicted octanol–water partition coefficient (Wildman–Crippen LogP) is 2.25. The molecule has 1 saturated heterocycles. The van der Waals surface area contributed by atoms with Gasteiger partial charge < -0.3 is 4.90 Å². The molecule has 0 N–H and O–H groups in total. The lowest BCUT2D eigenvalue weighted by molar-refractivity contribution is -0.134. The molecule has 0 aliphatic carbocycles. The molecule has 4 nitrogen and oxygen atoms in total. The molecule has 2 aliphatic rings. The van der Waals surface area contributed by atoms with Crippen LogP contribution in [0.25, 0.3) is 0 Å². The smallest absolute Gasteiger partial charge is 0.223 e. The van der Waals surface area contributed by atoms with Crippen LogP contribution < -0.4 is 0 Å². The maximum Gasteiger partial charge on any atom is 0.223 e. The van der Waals surface area contributed by atoms with Gasteiger partial charge >= 0.3 is 0 Å². The SMILES string of the molecule is CCCCC(=O)N1C2CCC1c1cncnc1C2. The Morgan fingerprint density at radius 1 is 1.50 bits per heavy atom. The van der Waals surface area contributed by atoms with Crippen LogP contribution in [0, 0.1) is 0 Å². The zero-order valence-corrected chi connectivity index (χ0v) is 10.8. The van der Waals surface area contributed by atoms with Gasteiger partial charge in [0.05, 0.1) is 11.7 Å². The summed E-state index contributed by atoms with van der Waals surface area (Å²) < 4.78 is 0. The monoisotopic (exact) mass is 245 g/mol. The van der Waals surface area contributed by atoms with E-state index >= 15 is 0 Å². The Morgan fingerprint density at radius 2 is 2.39 bits per heavy atom. The molecular weight excluding hydrogens is 226 g/mol. The topological polar surface area (TPSA) is 46.1 Å². The minimum absolute atomic E-state index is 0.240. The molecule has 1 fully saturated rings. The Morgan fingerprint density at radius 3 is 3.22 bits per heavy atom. The van der Waals surface area contributed by atoms with Crippen LogP contribution in [0.15, 0.2) is 12.5 Å². The van der Waals surface area contributed by atoms with Gasteiger partial charge in [-0.3, -0.25) is 4.79 Å². The number of unbranched alkanes of at least 4 members (excludes halogenated alkanes) is 1. The molecule has 1 aromatic heterocycles. The van der Waals surface area contributed by atoms with Crippen LogP contribution in [0.1, 0.15) is 56.3 Å². The van der Waals surface area contributed by atoms with Crippen LogP contribution in [0.2, 0.25) is 0 Å². The van der Waals surface area contributed by atoms with Gasteiger partial charge in [-0.2, -0.15) is 0 Å². The van der Waals surface area contributed by atoms with Crippen molar-refractivity contribution in [3.63, 3.8) is 0 Å². The van der Waals surface area contributed by atoms with E-state index in [1.165, 1.54) is 5.56 Å². The Hall–Kier alpha value is -1.45. The third-order valence-corrected chi connectivity index (χ3v) is 4.15. The Bertz CT molecular complexity index is 460. The summed E-state index contributed by atoms with van der Waals surface area (Å²) in [6.45, 7) is 2.13. The van der Waals surface area contributed by atoms with Crippen LogP contribution in [0.3, 0.4) is 0 Å². The number of rotatable bonds is 3. The first-order valence-corrected chi connectivity index (χ1v) is 6.91. The van der Waals surface area contributed by atoms with Gasteiger partial charge in [-0.25, -0.2) is 9.97 Å². The molecule has 18 heavy (non-hydrogen) atoms. The van der Waals surface area contributed by atoms with Gasteiger partial charge in [-0.15, -0.1) is 0 Å². The lowest BCUT2D eigenvalue weighted by Gasteiger charge is -2.35. The van der Waals surface area contributed by atoms with E-state index in [4.69, 9.17) is 0 Å². The van der Waals surface area contributed by atoms with Gasteiger partial charge in [0.25, 0.3) is 0 Å². The highest BCUT2D eigenvalue weighted by atomic mass is 16.2. The second-order valence-corrected chi connectivity index (χ2v) is 5.28. The van der Waals surface area contributed by atoms with Gasteiger partial charge in [0.1, 0.15) is 6.33 Å². The van der Waals surface area contributed by atoms with E-state index in [9.17, 15) is 4.79 Å². The van der Waals surface area contributed by atoms with Crippen molar-refractivity contribution in [2.45, 2.75) is 57.5 Å². The van der Waals surface area contributed by atoms with Crippen molar-refractivity contribution in [1.29, 1.82) is 0 Å². The number of amides is 1. The first kappa shape index (κ1) is 11.6. The minimum Gasteiger partial charge on any atom is -0.332 e.